The van der Waals surface area contributed by atoms with Gasteiger partial charge in [0.05, 0.1) is 14.2 Å². The number of methoxy groups -OCH3 is 2. The molecule has 0 saturated heterocycles. The topological polar surface area (TPSA) is 118 Å². The Labute approximate surface area is 177 Å². The van der Waals surface area contributed by atoms with E-state index in [2.05, 4.69) is 9.97 Å². The van der Waals surface area contributed by atoms with Crippen LogP contribution in [0.15, 0.2) is 57.7 Å². The van der Waals surface area contributed by atoms with Gasteiger partial charge in [0.25, 0.3) is 0 Å². The van der Waals surface area contributed by atoms with Gasteiger partial charge in [0.2, 0.25) is 11.2 Å². The normalized spacial score (nSPS) is 10.8. The molecule has 4 aromatic rings. The van der Waals surface area contributed by atoms with Crippen LogP contribution in [0.2, 0.25) is 0 Å². The molecule has 0 aliphatic heterocycles. The monoisotopic (exact) mass is 420 g/mol. The number of aromatic nitrogens is 2. The lowest BCUT2D eigenvalue weighted by atomic mass is 10.1. The summed E-state index contributed by atoms with van der Waals surface area (Å²) in [5, 5.41) is 21.0. The number of rotatable bonds is 5. The molecule has 0 aliphatic rings. The van der Waals surface area contributed by atoms with E-state index in [1.807, 2.05) is 30.3 Å². The molecule has 0 unspecified atom stereocenters. The van der Waals surface area contributed by atoms with Gasteiger partial charge in [0.15, 0.2) is 5.76 Å². The minimum Gasteiger partial charge on any atom is -0.507 e. The predicted molar refractivity (Wildman–Crippen MR) is 115 cm³/mol. The van der Waals surface area contributed by atoms with E-state index in [9.17, 15) is 15.0 Å². The van der Waals surface area contributed by atoms with E-state index in [1.54, 1.807) is 13.0 Å². The molecular weight excluding hydrogens is 400 g/mol. The Morgan fingerprint density at radius 2 is 1.77 bits per heavy atom. The fraction of sp³-hybridized carbons (Fsp3) is 0.130. The van der Waals surface area contributed by atoms with Crippen molar-refractivity contribution in [3.63, 3.8) is 0 Å². The van der Waals surface area contributed by atoms with Crippen molar-refractivity contribution in [2.24, 2.45) is 0 Å². The molecule has 158 valence electrons. The third kappa shape index (κ3) is 3.59. The van der Waals surface area contributed by atoms with Gasteiger partial charge >= 0.3 is 0 Å². The molecule has 0 aliphatic carbocycles. The molecular formula is C23H20N2O6. The van der Waals surface area contributed by atoms with Gasteiger partial charge in [-0.25, -0.2) is 4.98 Å². The van der Waals surface area contributed by atoms with Crippen LogP contribution in [-0.2, 0) is 0 Å². The second-order valence-electron chi connectivity index (χ2n) is 6.80. The Morgan fingerprint density at radius 3 is 2.45 bits per heavy atom. The first-order valence-electron chi connectivity index (χ1n) is 9.37. The molecule has 8 heteroatoms. The quantitative estimate of drug-likeness (QED) is 0.445. The van der Waals surface area contributed by atoms with E-state index in [0.717, 1.165) is 5.56 Å². The lowest BCUT2D eigenvalue weighted by molar-refractivity contribution is 0.386. The number of phenols is 1. The molecule has 0 spiro atoms. The highest BCUT2D eigenvalue weighted by Crippen LogP contribution is 2.43. The van der Waals surface area contributed by atoms with Crippen molar-refractivity contribution < 1.29 is 24.1 Å². The zero-order valence-electron chi connectivity index (χ0n) is 17.1. The van der Waals surface area contributed by atoms with Crippen molar-refractivity contribution in [1.82, 2.24) is 9.97 Å². The van der Waals surface area contributed by atoms with Crippen molar-refractivity contribution >= 4 is 0 Å². The maximum atomic E-state index is 12.2. The number of benzene rings is 2. The van der Waals surface area contributed by atoms with Crippen molar-refractivity contribution in [2.45, 2.75) is 6.92 Å². The summed E-state index contributed by atoms with van der Waals surface area (Å²) in [5.74, 6) is 0.624. The summed E-state index contributed by atoms with van der Waals surface area (Å²) in [4.78, 5) is 19.9. The van der Waals surface area contributed by atoms with Crippen LogP contribution in [0.3, 0.4) is 0 Å². The Kier molecular flexibility index (Phi) is 5.12. The number of hydrogen-bond donors (Lipinski definition) is 3. The molecule has 0 saturated carbocycles. The molecule has 3 N–H and O–H groups in total. The van der Waals surface area contributed by atoms with E-state index in [1.165, 1.54) is 26.4 Å². The number of ether oxygens (including phenoxy) is 2. The Hall–Kier alpha value is -4.20. The number of aromatic hydroxyl groups is 2. The molecule has 31 heavy (non-hydrogen) atoms. The van der Waals surface area contributed by atoms with Crippen molar-refractivity contribution in [3.05, 3.63) is 64.5 Å². The number of H-pyrrole nitrogens is 1. The van der Waals surface area contributed by atoms with Gasteiger partial charge in [0, 0.05) is 23.8 Å². The summed E-state index contributed by atoms with van der Waals surface area (Å²) < 4.78 is 16.3. The lowest BCUT2D eigenvalue weighted by Crippen LogP contribution is -2.01. The first-order valence-corrected chi connectivity index (χ1v) is 9.37. The van der Waals surface area contributed by atoms with Crippen LogP contribution in [-0.4, -0.2) is 34.4 Å². The highest BCUT2D eigenvalue weighted by Gasteiger charge is 2.24. The van der Waals surface area contributed by atoms with Crippen LogP contribution in [0.4, 0.5) is 0 Å². The van der Waals surface area contributed by atoms with E-state index in [-0.39, 0.29) is 23.0 Å². The molecule has 0 bridgehead atoms. The van der Waals surface area contributed by atoms with Crippen LogP contribution < -0.4 is 14.9 Å². The van der Waals surface area contributed by atoms with Crippen LogP contribution >= 0.6 is 0 Å². The summed E-state index contributed by atoms with van der Waals surface area (Å²) >= 11 is 0. The van der Waals surface area contributed by atoms with Crippen LogP contribution in [0.25, 0.3) is 34.1 Å². The number of phenolic OH excluding ortho intramolecular Hbond substituents is 1. The fourth-order valence-electron chi connectivity index (χ4n) is 3.33. The van der Waals surface area contributed by atoms with Crippen LogP contribution in [0.1, 0.15) is 5.76 Å². The number of nitrogens with one attached hydrogen (secondary N) is 1. The van der Waals surface area contributed by atoms with Crippen LogP contribution in [0, 0.1) is 6.92 Å². The number of aromatic amines is 1. The third-order valence-corrected chi connectivity index (χ3v) is 4.77. The molecule has 0 atom stereocenters. The summed E-state index contributed by atoms with van der Waals surface area (Å²) in [6.07, 6.45) is 0. The summed E-state index contributed by atoms with van der Waals surface area (Å²) in [5.41, 5.74) is 1.16. The maximum Gasteiger partial charge on any atom is 0.227 e. The molecule has 4 rings (SSSR count). The molecule has 2 aromatic heterocycles. The molecule has 0 amide bonds. The van der Waals surface area contributed by atoms with Gasteiger partial charge in [0.1, 0.15) is 45.8 Å². The van der Waals surface area contributed by atoms with Crippen molar-refractivity contribution in [1.29, 1.82) is 0 Å². The maximum absolute atomic E-state index is 12.2. The Morgan fingerprint density at radius 1 is 1.03 bits per heavy atom. The standard InChI is InChI=1S/C23H20N2O6/c1-12-9-16(27)21(28)22(31-12)20-19(13-7-5-4-6-8-13)24-23(25-20)18-15(26)10-14(29-2)11-17(18)30-3/h4-11,26,28H,1-3H3,(H,24,25). The van der Waals surface area contributed by atoms with Gasteiger partial charge in [-0.15, -0.1) is 0 Å². The largest absolute Gasteiger partial charge is 0.507 e. The van der Waals surface area contributed by atoms with E-state index in [4.69, 9.17) is 13.9 Å². The SMILES string of the molecule is COc1cc(O)c(-c2nc(-c3ccccc3)c(-c3oc(C)cc(=O)c3O)[nH]2)c(OC)c1. The highest BCUT2D eigenvalue weighted by molar-refractivity contribution is 5.83. The van der Waals surface area contributed by atoms with E-state index < -0.39 is 11.2 Å². The van der Waals surface area contributed by atoms with Gasteiger partial charge in [-0.3, -0.25) is 4.79 Å². The third-order valence-electron chi connectivity index (χ3n) is 4.77. The number of imidazole rings is 1. The average Bonchev–Trinajstić information content (AvgIpc) is 3.20. The number of nitrogens with zero attached hydrogens (tertiary/aromatic N) is 1. The smallest absolute Gasteiger partial charge is 0.227 e. The van der Waals surface area contributed by atoms with Crippen molar-refractivity contribution in [3.8, 4) is 57.1 Å². The molecule has 2 aromatic carbocycles. The molecule has 8 nitrogen and oxygen atoms in total. The lowest BCUT2D eigenvalue weighted by Gasteiger charge is -2.10. The summed E-state index contributed by atoms with van der Waals surface area (Å²) in [6.45, 7) is 1.61. The number of aryl methyl sites for hydroxylation is 1. The Bertz CT molecular complexity index is 1310. The van der Waals surface area contributed by atoms with E-state index in [0.29, 0.717) is 28.5 Å². The van der Waals surface area contributed by atoms with Crippen molar-refractivity contribution in [2.75, 3.05) is 14.2 Å². The van der Waals surface area contributed by atoms with Gasteiger partial charge in [-0.05, 0) is 6.92 Å². The second kappa shape index (κ2) is 7.91. The van der Waals surface area contributed by atoms with Gasteiger partial charge in [-0.1, -0.05) is 30.3 Å². The summed E-state index contributed by atoms with van der Waals surface area (Å²) in [6, 6.07) is 13.5. The molecule has 2 heterocycles. The second-order valence-corrected chi connectivity index (χ2v) is 6.80. The number of hydrogen-bond acceptors (Lipinski definition) is 7. The molecule has 0 radical (unpaired) electrons. The minimum atomic E-state index is -0.571. The van der Waals surface area contributed by atoms with Crippen LogP contribution in [0.5, 0.6) is 23.0 Å². The average molecular weight is 420 g/mol. The summed E-state index contributed by atoms with van der Waals surface area (Å²) in [7, 11) is 2.94. The fourth-order valence-corrected chi connectivity index (χ4v) is 3.33. The zero-order chi connectivity index (χ0) is 22.1. The first kappa shape index (κ1) is 20.1. The van der Waals surface area contributed by atoms with E-state index >= 15 is 0 Å². The first-order chi connectivity index (χ1) is 14.9. The predicted octanol–water partition coefficient (Wildman–Crippen LogP) is 4.10. The van der Waals surface area contributed by atoms with Gasteiger partial charge in [-0.2, -0.15) is 0 Å². The molecule has 0 fully saturated rings. The van der Waals surface area contributed by atoms with Gasteiger partial charge < -0.3 is 29.1 Å². The zero-order valence-corrected chi connectivity index (χ0v) is 17.1. The Balaban J connectivity index is 2.02. The highest BCUT2D eigenvalue weighted by atomic mass is 16.5. The minimum absolute atomic E-state index is 0.0467.